The number of esters is 3. The summed E-state index contributed by atoms with van der Waals surface area (Å²) in [5, 5.41) is 0. The third kappa shape index (κ3) is 56.3. The fourth-order valence-corrected chi connectivity index (χ4v) is 8.92. The summed E-state index contributed by atoms with van der Waals surface area (Å²) in [4.78, 5) is 38.3. The van der Waals surface area contributed by atoms with Crippen LogP contribution in [-0.4, -0.2) is 37.2 Å². The van der Waals surface area contributed by atoms with Crippen LogP contribution in [-0.2, 0) is 28.6 Å². The van der Waals surface area contributed by atoms with Crippen molar-refractivity contribution in [3.8, 4) is 0 Å². The number of hydrogen-bond donors (Lipinski definition) is 0. The highest BCUT2D eigenvalue weighted by Crippen LogP contribution is 2.17. The third-order valence-corrected chi connectivity index (χ3v) is 13.6. The van der Waals surface area contributed by atoms with Gasteiger partial charge in [0.05, 0.1) is 0 Å². The smallest absolute Gasteiger partial charge is 0.306 e. The van der Waals surface area contributed by atoms with Crippen LogP contribution in [0.1, 0.15) is 323 Å². The van der Waals surface area contributed by atoms with Gasteiger partial charge in [0.15, 0.2) is 6.10 Å². The summed E-state index contributed by atoms with van der Waals surface area (Å²) in [6, 6.07) is 0. The molecule has 0 N–H and O–H groups in total. The highest BCUT2D eigenvalue weighted by molar-refractivity contribution is 5.71. The van der Waals surface area contributed by atoms with E-state index in [-0.39, 0.29) is 31.1 Å². The highest BCUT2D eigenvalue weighted by Gasteiger charge is 2.19. The maximum absolute atomic E-state index is 12.9. The maximum atomic E-state index is 12.9. The Bertz CT molecular complexity index is 1220. The predicted octanol–water partition coefficient (Wildman–Crippen LogP) is 20.6. The zero-order valence-corrected chi connectivity index (χ0v) is 46.8. The molecule has 0 fully saturated rings. The first-order valence-corrected chi connectivity index (χ1v) is 30.6. The molecule has 6 heteroatoms. The lowest BCUT2D eigenvalue weighted by molar-refractivity contribution is -0.167. The number of rotatable bonds is 56. The van der Waals surface area contributed by atoms with E-state index < -0.39 is 6.10 Å². The average Bonchev–Trinajstić information content (AvgIpc) is 3.36. The third-order valence-electron chi connectivity index (χ3n) is 13.6. The first-order chi connectivity index (χ1) is 34.5. The SMILES string of the molecule is CCCCC/C=C\C/C=C\CCCCCCCCCCCC(=O)OCC(COC(=O)CCCCCCCCCCCCCCCCCC)OC(=O)CCCCCCCCC/C=C\C/C=C\CCCCC. The van der Waals surface area contributed by atoms with E-state index in [2.05, 4.69) is 69.4 Å². The molecule has 0 rings (SSSR count). The van der Waals surface area contributed by atoms with Crippen molar-refractivity contribution in [3.05, 3.63) is 48.6 Å². The summed E-state index contributed by atoms with van der Waals surface area (Å²) in [6.45, 7) is 6.63. The van der Waals surface area contributed by atoms with Crippen LogP contribution in [0.25, 0.3) is 0 Å². The van der Waals surface area contributed by atoms with E-state index in [1.165, 1.54) is 205 Å². The van der Waals surface area contributed by atoms with Crippen LogP contribution in [0.2, 0.25) is 0 Å². The number of carbonyl (C=O) groups is 3. The van der Waals surface area contributed by atoms with Crippen molar-refractivity contribution in [2.45, 2.75) is 329 Å². The molecule has 0 heterocycles. The topological polar surface area (TPSA) is 78.9 Å². The molecule has 1 unspecified atom stereocenters. The second kappa shape index (κ2) is 58.9. The minimum atomic E-state index is -0.777. The van der Waals surface area contributed by atoms with Gasteiger partial charge in [-0.2, -0.15) is 0 Å². The molecule has 0 aliphatic rings. The molecule has 0 bridgehead atoms. The van der Waals surface area contributed by atoms with Crippen molar-refractivity contribution in [3.63, 3.8) is 0 Å². The Labute approximate surface area is 435 Å². The van der Waals surface area contributed by atoms with E-state index in [9.17, 15) is 14.4 Å². The molecule has 70 heavy (non-hydrogen) atoms. The second-order valence-corrected chi connectivity index (χ2v) is 20.6. The van der Waals surface area contributed by atoms with E-state index in [0.717, 1.165) is 77.0 Å². The summed E-state index contributed by atoms with van der Waals surface area (Å²) in [6.07, 6.45) is 72.4. The zero-order valence-electron chi connectivity index (χ0n) is 46.8. The van der Waals surface area contributed by atoms with Crippen LogP contribution in [0.3, 0.4) is 0 Å². The number of hydrogen-bond acceptors (Lipinski definition) is 6. The van der Waals surface area contributed by atoms with Gasteiger partial charge in [-0.25, -0.2) is 0 Å². The highest BCUT2D eigenvalue weighted by atomic mass is 16.6. The number of allylic oxidation sites excluding steroid dienone is 8. The number of carbonyl (C=O) groups excluding carboxylic acids is 3. The van der Waals surface area contributed by atoms with Gasteiger partial charge in [0, 0.05) is 19.3 Å². The van der Waals surface area contributed by atoms with Crippen molar-refractivity contribution in [1.29, 1.82) is 0 Å². The molecule has 408 valence electrons. The normalized spacial score (nSPS) is 12.3. The van der Waals surface area contributed by atoms with E-state index in [0.29, 0.717) is 19.3 Å². The molecule has 0 saturated carbocycles. The largest absolute Gasteiger partial charge is 0.462 e. The van der Waals surface area contributed by atoms with Gasteiger partial charge < -0.3 is 14.2 Å². The molecule has 0 spiro atoms. The Hall–Kier alpha value is -2.63. The average molecular weight is 982 g/mol. The molecule has 0 aromatic carbocycles. The van der Waals surface area contributed by atoms with Crippen LogP contribution in [0.5, 0.6) is 0 Å². The Balaban J connectivity index is 4.36. The first kappa shape index (κ1) is 67.4. The second-order valence-electron chi connectivity index (χ2n) is 20.6. The number of unbranched alkanes of at least 4 members (excludes halogenated alkanes) is 37. The quantitative estimate of drug-likeness (QED) is 0.0261. The monoisotopic (exact) mass is 981 g/mol. The van der Waals surface area contributed by atoms with E-state index >= 15 is 0 Å². The molecular weight excluding hydrogens is 865 g/mol. The molecule has 0 amide bonds. The van der Waals surface area contributed by atoms with Gasteiger partial charge >= 0.3 is 17.9 Å². The Kier molecular flexibility index (Phi) is 56.7. The Morgan fingerprint density at radius 2 is 0.514 bits per heavy atom. The van der Waals surface area contributed by atoms with E-state index in [4.69, 9.17) is 14.2 Å². The van der Waals surface area contributed by atoms with E-state index in [1.807, 2.05) is 0 Å². The molecule has 0 saturated heterocycles. The molecule has 0 aliphatic heterocycles. The first-order valence-electron chi connectivity index (χ1n) is 30.6. The van der Waals surface area contributed by atoms with E-state index in [1.54, 1.807) is 0 Å². The van der Waals surface area contributed by atoms with Crippen LogP contribution < -0.4 is 0 Å². The van der Waals surface area contributed by atoms with Gasteiger partial charge in [0.25, 0.3) is 0 Å². The van der Waals surface area contributed by atoms with Gasteiger partial charge in [0.1, 0.15) is 13.2 Å². The lowest BCUT2D eigenvalue weighted by Crippen LogP contribution is -2.30. The summed E-state index contributed by atoms with van der Waals surface area (Å²) in [5.41, 5.74) is 0. The number of ether oxygens (including phenoxy) is 3. The fraction of sp³-hybridized carbons (Fsp3) is 0.828. The fourth-order valence-electron chi connectivity index (χ4n) is 8.92. The standard InChI is InChI=1S/C64H116O6/c1-4-7-10-13-16-19-22-25-28-31-32-34-36-39-42-45-48-51-54-57-63(66)69-60-61(59-68-62(65)56-53-50-47-44-41-38-35-30-27-24-21-18-15-12-9-6-3)70-64(67)58-55-52-49-46-43-40-37-33-29-26-23-20-17-14-11-8-5-2/h16-17,19-20,25-26,28-29,61H,4-15,18,21-24,27,30-60H2,1-3H3/b19-16-,20-17-,28-25-,29-26-. The van der Waals surface area contributed by atoms with Crippen LogP contribution >= 0.6 is 0 Å². The zero-order chi connectivity index (χ0) is 50.7. The lowest BCUT2D eigenvalue weighted by atomic mass is 10.0. The van der Waals surface area contributed by atoms with Gasteiger partial charge in [-0.3, -0.25) is 14.4 Å². The van der Waals surface area contributed by atoms with Crippen molar-refractivity contribution in [2.75, 3.05) is 13.2 Å². The molecule has 0 radical (unpaired) electrons. The van der Waals surface area contributed by atoms with Crippen molar-refractivity contribution >= 4 is 17.9 Å². The Morgan fingerprint density at radius 3 is 0.814 bits per heavy atom. The van der Waals surface area contributed by atoms with Gasteiger partial charge in [-0.15, -0.1) is 0 Å². The Morgan fingerprint density at radius 1 is 0.286 bits per heavy atom. The van der Waals surface area contributed by atoms with Gasteiger partial charge in [0.2, 0.25) is 0 Å². The minimum Gasteiger partial charge on any atom is -0.462 e. The van der Waals surface area contributed by atoms with Crippen molar-refractivity contribution in [2.24, 2.45) is 0 Å². The predicted molar refractivity (Wildman–Crippen MR) is 302 cm³/mol. The molecular formula is C64H116O6. The molecule has 0 aliphatic carbocycles. The summed E-state index contributed by atoms with van der Waals surface area (Å²) in [5.74, 6) is -0.868. The van der Waals surface area contributed by atoms with Gasteiger partial charge in [-0.1, -0.05) is 268 Å². The molecule has 1 atom stereocenters. The maximum Gasteiger partial charge on any atom is 0.306 e. The summed E-state index contributed by atoms with van der Waals surface area (Å²) in [7, 11) is 0. The van der Waals surface area contributed by atoms with Crippen molar-refractivity contribution in [1.82, 2.24) is 0 Å². The molecule has 0 aromatic heterocycles. The van der Waals surface area contributed by atoms with Crippen LogP contribution in [0, 0.1) is 0 Å². The lowest BCUT2D eigenvalue weighted by Gasteiger charge is -2.18. The summed E-state index contributed by atoms with van der Waals surface area (Å²) < 4.78 is 16.9. The van der Waals surface area contributed by atoms with Crippen LogP contribution in [0.4, 0.5) is 0 Å². The van der Waals surface area contributed by atoms with Crippen molar-refractivity contribution < 1.29 is 28.6 Å². The molecule has 6 nitrogen and oxygen atoms in total. The molecule has 0 aromatic rings. The van der Waals surface area contributed by atoms with Gasteiger partial charge in [-0.05, 0) is 83.5 Å². The van der Waals surface area contributed by atoms with Crippen LogP contribution in [0.15, 0.2) is 48.6 Å². The minimum absolute atomic E-state index is 0.0742. The summed E-state index contributed by atoms with van der Waals surface area (Å²) >= 11 is 0.